The molecule has 1 unspecified atom stereocenters. The highest BCUT2D eigenvalue weighted by Crippen LogP contribution is 2.37. The van der Waals surface area contributed by atoms with Gasteiger partial charge in [0.1, 0.15) is 16.3 Å². The first kappa shape index (κ1) is 22.8. The van der Waals surface area contributed by atoms with Crippen LogP contribution in [0.25, 0.3) is 11.1 Å². The summed E-state index contributed by atoms with van der Waals surface area (Å²) in [4.78, 5) is 39.7. The van der Waals surface area contributed by atoms with Crippen LogP contribution in [0.4, 0.5) is 10.7 Å². The van der Waals surface area contributed by atoms with Gasteiger partial charge in [0.25, 0.3) is 0 Å². The van der Waals surface area contributed by atoms with E-state index in [0.29, 0.717) is 27.0 Å². The van der Waals surface area contributed by atoms with Crippen molar-refractivity contribution in [2.45, 2.75) is 6.42 Å². The Morgan fingerprint density at radius 2 is 1.79 bits per heavy atom. The lowest BCUT2D eigenvalue weighted by atomic mass is 10.0. The third kappa shape index (κ3) is 4.72. The first-order valence-electron chi connectivity index (χ1n) is 10.1. The molecule has 1 aromatic heterocycles. The lowest BCUT2D eigenvalue weighted by Gasteiger charge is -2.17. The number of carbonyl (C=O) groups is 3. The van der Waals surface area contributed by atoms with Crippen molar-refractivity contribution in [1.82, 2.24) is 0 Å². The molecule has 0 saturated carbocycles. The fourth-order valence-electron chi connectivity index (χ4n) is 3.71. The fourth-order valence-corrected chi connectivity index (χ4v) is 4.79. The number of hydrogen-bond donors (Lipinski definition) is 1. The second kappa shape index (κ2) is 9.64. The minimum absolute atomic E-state index is 0.0842. The maximum Gasteiger partial charge on any atom is 0.341 e. The van der Waals surface area contributed by atoms with Gasteiger partial charge in [0.15, 0.2) is 0 Å². The standard InChI is InChI=1S/C24H21ClN2O5S/c1-31-18-9-7-17(8-10-18)27-12-15(11-20(27)28)22(29)26-23-21(24(30)32-2)19(13-33-23)14-3-5-16(25)6-4-14/h3-10,13,15H,11-12H2,1-2H3,(H,26,29). The van der Waals surface area contributed by atoms with Gasteiger partial charge in [-0.1, -0.05) is 23.7 Å². The molecule has 1 saturated heterocycles. The van der Waals surface area contributed by atoms with Crippen LogP contribution >= 0.6 is 22.9 Å². The summed E-state index contributed by atoms with van der Waals surface area (Å²) in [5, 5.41) is 5.58. The highest BCUT2D eigenvalue weighted by molar-refractivity contribution is 7.15. The number of rotatable bonds is 6. The van der Waals surface area contributed by atoms with Gasteiger partial charge in [-0.3, -0.25) is 9.59 Å². The second-order valence-electron chi connectivity index (χ2n) is 7.44. The van der Waals surface area contributed by atoms with Gasteiger partial charge in [0, 0.05) is 34.6 Å². The molecule has 1 atom stereocenters. The van der Waals surface area contributed by atoms with Crippen LogP contribution in [0.15, 0.2) is 53.9 Å². The van der Waals surface area contributed by atoms with Crippen LogP contribution in [0.5, 0.6) is 5.75 Å². The average molecular weight is 485 g/mol. The molecule has 1 N–H and O–H groups in total. The number of benzene rings is 2. The van der Waals surface area contributed by atoms with E-state index >= 15 is 0 Å². The molecular weight excluding hydrogens is 464 g/mol. The number of ether oxygens (including phenoxy) is 2. The molecule has 2 heterocycles. The number of amides is 2. The average Bonchev–Trinajstić information content (AvgIpc) is 3.43. The zero-order valence-electron chi connectivity index (χ0n) is 18.0. The molecule has 1 aliphatic heterocycles. The molecule has 0 aliphatic carbocycles. The fraction of sp³-hybridized carbons (Fsp3) is 0.208. The summed E-state index contributed by atoms with van der Waals surface area (Å²) in [6.45, 7) is 0.250. The van der Waals surface area contributed by atoms with Gasteiger partial charge >= 0.3 is 5.97 Å². The molecule has 2 aromatic carbocycles. The van der Waals surface area contributed by atoms with E-state index in [9.17, 15) is 14.4 Å². The van der Waals surface area contributed by atoms with Crippen molar-refractivity contribution in [1.29, 1.82) is 0 Å². The smallest absolute Gasteiger partial charge is 0.341 e. The topological polar surface area (TPSA) is 84.9 Å². The molecule has 3 aromatic rings. The van der Waals surface area contributed by atoms with Crippen molar-refractivity contribution < 1.29 is 23.9 Å². The van der Waals surface area contributed by atoms with Crippen LogP contribution in [0.2, 0.25) is 5.02 Å². The number of thiophene rings is 1. The number of methoxy groups -OCH3 is 2. The van der Waals surface area contributed by atoms with E-state index in [-0.39, 0.29) is 30.3 Å². The molecule has 1 aliphatic rings. The first-order chi connectivity index (χ1) is 15.9. The minimum Gasteiger partial charge on any atom is -0.497 e. The third-order valence-corrected chi connectivity index (χ3v) is 6.60. The molecule has 0 radical (unpaired) electrons. The highest BCUT2D eigenvalue weighted by Gasteiger charge is 2.36. The SMILES string of the molecule is COC(=O)c1c(-c2ccc(Cl)cc2)csc1NC(=O)C1CC(=O)N(c2ccc(OC)cc2)C1. The van der Waals surface area contributed by atoms with Gasteiger partial charge in [-0.25, -0.2) is 4.79 Å². The van der Waals surface area contributed by atoms with E-state index in [4.69, 9.17) is 21.1 Å². The maximum absolute atomic E-state index is 13.0. The van der Waals surface area contributed by atoms with Crippen LogP contribution in [0.3, 0.4) is 0 Å². The monoisotopic (exact) mass is 484 g/mol. The van der Waals surface area contributed by atoms with E-state index < -0.39 is 11.9 Å². The summed E-state index contributed by atoms with van der Waals surface area (Å²) in [5.41, 5.74) is 2.39. The van der Waals surface area contributed by atoms with E-state index in [1.807, 2.05) is 0 Å². The van der Waals surface area contributed by atoms with Crippen LogP contribution in [-0.4, -0.2) is 38.5 Å². The summed E-state index contributed by atoms with van der Waals surface area (Å²) >= 11 is 7.20. The Bertz CT molecular complexity index is 1190. The number of nitrogens with one attached hydrogen (secondary N) is 1. The van der Waals surface area contributed by atoms with Gasteiger partial charge < -0.3 is 19.7 Å². The zero-order valence-corrected chi connectivity index (χ0v) is 19.5. The molecule has 0 spiro atoms. The van der Waals surface area contributed by atoms with E-state index in [2.05, 4.69) is 5.32 Å². The zero-order chi connectivity index (χ0) is 23.5. The number of carbonyl (C=O) groups excluding carboxylic acids is 3. The molecule has 7 nitrogen and oxygen atoms in total. The Morgan fingerprint density at radius 3 is 2.42 bits per heavy atom. The third-order valence-electron chi connectivity index (χ3n) is 5.45. The van der Waals surface area contributed by atoms with E-state index in [0.717, 1.165) is 5.56 Å². The van der Waals surface area contributed by atoms with Gasteiger partial charge in [-0.15, -0.1) is 11.3 Å². The van der Waals surface area contributed by atoms with Gasteiger partial charge in [-0.2, -0.15) is 0 Å². The summed E-state index contributed by atoms with van der Waals surface area (Å²) in [6, 6.07) is 14.1. The van der Waals surface area contributed by atoms with Crippen molar-refractivity contribution in [3.05, 3.63) is 64.5 Å². The minimum atomic E-state index is -0.557. The van der Waals surface area contributed by atoms with Crippen LogP contribution in [0.1, 0.15) is 16.8 Å². The first-order valence-corrected chi connectivity index (χ1v) is 11.4. The number of hydrogen-bond acceptors (Lipinski definition) is 6. The second-order valence-corrected chi connectivity index (χ2v) is 8.76. The van der Waals surface area contributed by atoms with Crippen LogP contribution in [-0.2, 0) is 14.3 Å². The number of halogens is 1. The Morgan fingerprint density at radius 1 is 1.09 bits per heavy atom. The number of nitrogens with zero attached hydrogens (tertiary/aromatic N) is 1. The van der Waals surface area contributed by atoms with Gasteiger partial charge in [0.05, 0.1) is 20.1 Å². The molecule has 2 amide bonds. The molecule has 0 bridgehead atoms. The Balaban J connectivity index is 1.54. The molecule has 33 heavy (non-hydrogen) atoms. The number of anilines is 2. The van der Waals surface area contributed by atoms with Crippen LogP contribution < -0.4 is 15.0 Å². The predicted molar refractivity (Wildman–Crippen MR) is 128 cm³/mol. The van der Waals surface area contributed by atoms with E-state index in [1.165, 1.54) is 18.4 Å². The normalized spacial score (nSPS) is 15.4. The van der Waals surface area contributed by atoms with Gasteiger partial charge in [0.2, 0.25) is 11.8 Å². The quantitative estimate of drug-likeness (QED) is 0.505. The summed E-state index contributed by atoms with van der Waals surface area (Å²) in [7, 11) is 2.86. The summed E-state index contributed by atoms with van der Waals surface area (Å²) in [5.74, 6) is -0.884. The van der Waals surface area contributed by atoms with E-state index in [1.54, 1.807) is 65.9 Å². The Kier molecular flexibility index (Phi) is 6.67. The largest absolute Gasteiger partial charge is 0.497 e. The maximum atomic E-state index is 13.0. The highest BCUT2D eigenvalue weighted by atomic mass is 35.5. The Hall–Kier alpha value is -3.36. The molecular formula is C24H21ClN2O5S. The van der Waals surface area contributed by atoms with Crippen molar-refractivity contribution in [2.75, 3.05) is 31.0 Å². The van der Waals surface area contributed by atoms with Crippen molar-refractivity contribution in [3.63, 3.8) is 0 Å². The molecule has 170 valence electrons. The van der Waals surface area contributed by atoms with Crippen molar-refractivity contribution in [2.24, 2.45) is 5.92 Å². The Labute approximate surface area is 199 Å². The van der Waals surface area contributed by atoms with Crippen molar-refractivity contribution in [3.8, 4) is 16.9 Å². The van der Waals surface area contributed by atoms with Crippen molar-refractivity contribution >= 4 is 51.4 Å². The number of esters is 1. The molecule has 1 fully saturated rings. The molecule has 4 rings (SSSR count). The van der Waals surface area contributed by atoms with Gasteiger partial charge in [-0.05, 0) is 42.0 Å². The summed E-state index contributed by atoms with van der Waals surface area (Å²) < 4.78 is 10.1. The lowest BCUT2D eigenvalue weighted by molar-refractivity contribution is -0.122. The predicted octanol–water partition coefficient (Wildman–Crippen LogP) is 4.86. The van der Waals surface area contributed by atoms with Crippen LogP contribution in [0, 0.1) is 5.92 Å². The molecule has 9 heteroatoms. The lowest BCUT2D eigenvalue weighted by Crippen LogP contribution is -2.28. The summed E-state index contributed by atoms with van der Waals surface area (Å²) in [6.07, 6.45) is 0.0842.